The standard InChI is InChI=1S/C19H23N/c1-3-7-16(8-4-1)13-18(15-20-19-11-12-19)14-17-9-5-2-6-10-17/h1-10,18-20H,11-15H2. The maximum absolute atomic E-state index is 3.70. The molecule has 0 radical (unpaired) electrons. The zero-order valence-corrected chi connectivity index (χ0v) is 12.0. The van der Waals surface area contributed by atoms with Crippen LogP contribution in [0.1, 0.15) is 24.0 Å². The number of hydrogen-bond donors (Lipinski definition) is 1. The molecule has 0 aliphatic heterocycles. The van der Waals surface area contributed by atoms with Gasteiger partial charge in [0.15, 0.2) is 0 Å². The molecule has 0 saturated heterocycles. The van der Waals surface area contributed by atoms with Crippen LogP contribution in [-0.2, 0) is 12.8 Å². The van der Waals surface area contributed by atoms with Gasteiger partial charge in [-0.1, -0.05) is 60.7 Å². The maximum Gasteiger partial charge on any atom is 0.00683 e. The topological polar surface area (TPSA) is 12.0 Å². The van der Waals surface area contributed by atoms with Crippen molar-refractivity contribution in [2.24, 2.45) is 5.92 Å². The number of rotatable bonds is 7. The van der Waals surface area contributed by atoms with Gasteiger partial charge in [-0.3, -0.25) is 0 Å². The quantitative estimate of drug-likeness (QED) is 0.802. The van der Waals surface area contributed by atoms with Gasteiger partial charge in [0.2, 0.25) is 0 Å². The predicted octanol–water partition coefficient (Wildman–Crippen LogP) is 3.84. The van der Waals surface area contributed by atoms with Crippen LogP contribution in [0.5, 0.6) is 0 Å². The summed E-state index contributed by atoms with van der Waals surface area (Å²) in [5.74, 6) is 0.681. The first-order chi connectivity index (χ1) is 9.90. The first-order valence-corrected chi connectivity index (χ1v) is 7.71. The lowest BCUT2D eigenvalue weighted by Crippen LogP contribution is -2.27. The molecule has 1 saturated carbocycles. The summed E-state index contributed by atoms with van der Waals surface area (Å²) in [6.45, 7) is 1.13. The molecule has 20 heavy (non-hydrogen) atoms. The molecule has 0 bridgehead atoms. The lowest BCUT2D eigenvalue weighted by Gasteiger charge is -2.18. The average Bonchev–Trinajstić information content (AvgIpc) is 3.31. The van der Waals surface area contributed by atoms with Gasteiger partial charge in [-0.25, -0.2) is 0 Å². The lowest BCUT2D eigenvalue weighted by atomic mass is 9.92. The molecule has 1 fully saturated rings. The van der Waals surface area contributed by atoms with E-state index >= 15 is 0 Å². The minimum atomic E-state index is 0.681. The van der Waals surface area contributed by atoms with Gasteiger partial charge in [-0.15, -0.1) is 0 Å². The van der Waals surface area contributed by atoms with Crippen molar-refractivity contribution in [2.75, 3.05) is 6.54 Å². The molecule has 0 atom stereocenters. The van der Waals surface area contributed by atoms with Gasteiger partial charge in [0, 0.05) is 6.04 Å². The zero-order chi connectivity index (χ0) is 13.6. The highest BCUT2D eigenvalue weighted by Gasteiger charge is 2.22. The fraction of sp³-hybridized carbons (Fsp3) is 0.368. The second-order valence-corrected chi connectivity index (χ2v) is 5.93. The van der Waals surface area contributed by atoms with E-state index in [1.54, 1.807) is 0 Å². The Hall–Kier alpha value is -1.60. The van der Waals surface area contributed by atoms with Crippen LogP contribution in [0.15, 0.2) is 60.7 Å². The summed E-state index contributed by atoms with van der Waals surface area (Å²) < 4.78 is 0. The molecule has 0 amide bonds. The van der Waals surface area contributed by atoms with E-state index in [1.807, 2.05) is 0 Å². The number of benzene rings is 2. The zero-order valence-electron chi connectivity index (χ0n) is 12.0. The molecule has 2 aromatic carbocycles. The maximum atomic E-state index is 3.70. The van der Waals surface area contributed by atoms with Crippen molar-refractivity contribution in [3.63, 3.8) is 0 Å². The van der Waals surface area contributed by atoms with Crippen LogP contribution in [0, 0.1) is 5.92 Å². The summed E-state index contributed by atoms with van der Waals surface area (Å²) in [4.78, 5) is 0. The van der Waals surface area contributed by atoms with Crippen molar-refractivity contribution in [3.8, 4) is 0 Å². The summed E-state index contributed by atoms with van der Waals surface area (Å²) in [5.41, 5.74) is 2.90. The van der Waals surface area contributed by atoms with Gasteiger partial charge in [0.25, 0.3) is 0 Å². The molecule has 0 aromatic heterocycles. The molecule has 1 heteroatoms. The van der Waals surface area contributed by atoms with Crippen LogP contribution in [0.25, 0.3) is 0 Å². The molecule has 1 N–H and O–H groups in total. The highest BCUT2D eigenvalue weighted by Crippen LogP contribution is 2.20. The van der Waals surface area contributed by atoms with Gasteiger partial charge in [-0.05, 0) is 49.3 Å². The smallest absolute Gasteiger partial charge is 0.00683 e. The average molecular weight is 265 g/mol. The third-order valence-corrected chi connectivity index (χ3v) is 4.01. The van der Waals surface area contributed by atoms with Crippen molar-refractivity contribution in [2.45, 2.75) is 31.7 Å². The second-order valence-electron chi connectivity index (χ2n) is 5.93. The van der Waals surface area contributed by atoms with E-state index in [9.17, 15) is 0 Å². The number of hydrogen-bond acceptors (Lipinski definition) is 1. The predicted molar refractivity (Wildman–Crippen MR) is 84.8 cm³/mol. The molecule has 3 rings (SSSR count). The van der Waals surface area contributed by atoms with Gasteiger partial charge in [0.1, 0.15) is 0 Å². The Bertz CT molecular complexity index is 460. The molecule has 1 nitrogen and oxygen atoms in total. The lowest BCUT2D eigenvalue weighted by molar-refractivity contribution is 0.469. The molecule has 0 spiro atoms. The van der Waals surface area contributed by atoms with E-state index in [0.717, 1.165) is 25.4 Å². The van der Waals surface area contributed by atoms with Gasteiger partial charge < -0.3 is 5.32 Å². The van der Waals surface area contributed by atoms with E-state index < -0.39 is 0 Å². The van der Waals surface area contributed by atoms with Crippen molar-refractivity contribution in [1.29, 1.82) is 0 Å². The molecule has 2 aromatic rings. The fourth-order valence-electron chi connectivity index (χ4n) is 2.73. The summed E-state index contributed by atoms with van der Waals surface area (Å²) in [6.07, 6.45) is 5.05. The molecule has 1 aliphatic carbocycles. The Morgan fingerprint density at radius 2 is 1.30 bits per heavy atom. The van der Waals surface area contributed by atoms with Gasteiger partial charge >= 0.3 is 0 Å². The first kappa shape index (κ1) is 13.4. The molecule has 0 unspecified atom stereocenters. The van der Waals surface area contributed by atoms with Crippen molar-refractivity contribution < 1.29 is 0 Å². The van der Waals surface area contributed by atoms with Crippen molar-refractivity contribution in [1.82, 2.24) is 5.32 Å². The highest BCUT2D eigenvalue weighted by molar-refractivity contribution is 5.18. The summed E-state index contributed by atoms with van der Waals surface area (Å²) in [6, 6.07) is 22.5. The van der Waals surface area contributed by atoms with E-state index in [2.05, 4.69) is 66.0 Å². The minimum Gasteiger partial charge on any atom is -0.314 e. The van der Waals surface area contributed by atoms with Crippen molar-refractivity contribution >= 4 is 0 Å². The van der Waals surface area contributed by atoms with Gasteiger partial charge in [0.05, 0.1) is 0 Å². The second kappa shape index (κ2) is 6.71. The Kier molecular flexibility index (Phi) is 4.49. The van der Waals surface area contributed by atoms with Crippen LogP contribution in [0.3, 0.4) is 0 Å². The molecule has 1 aliphatic rings. The Balaban J connectivity index is 1.63. The van der Waals surface area contributed by atoms with Crippen LogP contribution < -0.4 is 5.32 Å². The van der Waals surface area contributed by atoms with Crippen LogP contribution in [0.2, 0.25) is 0 Å². The Labute approximate surface area is 122 Å². The Morgan fingerprint density at radius 3 is 1.75 bits per heavy atom. The van der Waals surface area contributed by atoms with E-state index in [-0.39, 0.29) is 0 Å². The largest absolute Gasteiger partial charge is 0.314 e. The highest BCUT2D eigenvalue weighted by atomic mass is 14.9. The van der Waals surface area contributed by atoms with E-state index in [1.165, 1.54) is 24.0 Å². The molecular formula is C19H23N. The van der Waals surface area contributed by atoms with E-state index in [0.29, 0.717) is 5.92 Å². The van der Waals surface area contributed by atoms with Crippen molar-refractivity contribution in [3.05, 3.63) is 71.8 Å². The van der Waals surface area contributed by atoms with Crippen LogP contribution >= 0.6 is 0 Å². The van der Waals surface area contributed by atoms with Crippen LogP contribution in [0.4, 0.5) is 0 Å². The summed E-state index contributed by atoms with van der Waals surface area (Å²) in [7, 11) is 0. The Morgan fingerprint density at radius 1 is 0.800 bits per heavy atom. The monoisotopic (exact) mass is 265 g/mol. The van der Waals surface area contributed by atoms with E-state index in [4.69, 9.17) is 0 Å². The third kappa shape index (κ3) is 4.21. The first-order valence-electron chi connectivity index (χ1n) is 7.71. The third-order valence-electron chi connectivity index (χ3n) is 4.01. The summed E-state index contributed by atoms with van der Waals surface area (Å²) in [5, 5.41) is 3.70. The van der Waals surface area contributed by atoms with Gasteiger partial charge in [-0.2, -0.15) is 0 Å². The minimum absolute atomic E-state index is 0.681. The molecule has 104 valence electrons. The SMILES string of the molecule is c1ccc(CC(CNC2CC2)Cc2ccccc2)cc1. The normalized spacial score (nSPS) is 14.7. The fourth-order valence-corrected chi connectivity index (χ4v) is 2.73. The molecular weight excluding hydrogens is 242 g/mol. The number of nitrogens with one attached hydrogen (secondary N) is 1. The molecule has 0 heterocycles. The van der Waals surface area contributed by atoms with Crippen LogP contribution in [-0.4, -0.2) is 12.6 Å². The summed E-state index contributed by atoms with van der Waals surface area (Å²) >= 11 is 0.